The fourth-order valence-corrected chi connectivity index (χ4v) is 5.94. The maximum absolute atomic E-state index is 16.7. The summed E-state index contributed by atoms with van der Waals surface area (Å²) in [5.41, 5.74) is 0.0241. The fourth-order valence-electron chi connectivity index (χ4n) is 5.94. The average molecular weight is 608 g/mol. The van der Waals surface area contributed by atoms with Crippen molar-refractivity contribution >= 4 is 27.5 Å². The number of benzene rings is 2. The zero-order chi connectivity index (χ0) is 30.8. The summed E-state index contributed by atoms with van der Waals surface area (Å²) >= 11 is 0. The lowest BCUT2D eigenvalue weighted by molar-refractivity contribution is -0.0798. The fraction of sp³-hybridized carbons (Fsp3) is 0.424. The average Bonchev–Trinajstić information content (AvgIpc) is 2.99. The van der Waals surface area contributed by atoms with Gasteiger partial charge in [0.2, 0.25) is 5.88 Å². The van der Waals surface area contributed by atoms with Crippen LogP contribution in [0.3, 0.4) is 0 Å². The Morgan fingerprint density at radius 2 is 1.91 bits per heavy atom. The van der Waals surface area contributed by atoms with Crippen molar-refractivity contribution in [3.05, 3.63) is 47.5 Å². The molecular weight excluding hydrogens is 574 g/mol. The third-order valence-electron chi connectivity index (χ3n) is 8.12. The van der Waals surface area contributed by atoms with E-state index < -0.39 is 24.1 Å². The number of terminal acetylenes is 1. The van der Waals surface area contributed by atoms with E-state index in [1.165, 1.54) is 11.0 Å². The first-order valence-electron chi connectivity index (χ1n) is 15.0. The third kappa shape index (κ3) is 6.09. The van der Waals surface area contributed by atoms with Gasteiger partial charge < -0.3 is 14.8 Å². The molecule has 1 N–H and O–H groups in total. The van der Waals surface area contributed by atoms with E-state index in [0.717, 1.165) is 32.1 Å². The second kappa shape index (κ2) is 12.4. The predicted molar refractivity (Wildman–Crippen MR) is 161 cm³/mol. The van der Waals surface area contributed by atoms with E-state index in [1.807, 2.05) is 6.92 Å². The van der Waals surface area contributed by atoms with Crippen LogP contribution < -0.4 is 14.8 Å². The number of alkyl halides is 2. The second-order valence-electron chi connectivity index (χ2n) is 11.5. The molecule has 2 aromatic carbocycles. The molecule has 7 nitrogen and oxygen atoms in total. The maximum Gasteiger partial charge on any atom is 0.320 e. The third-order valence-corrected chi connectivity index (χ3v) is 8.12. The summed E-state index contributed by atoms with van der Waals surface area (Å²) in [5, 5.41) is 4.45. The van der Waals surface area contributed by atoms with Gasteiger partial charge in [0, 0.05) is 30.5 Å². The van der Waals surface area contributed by atoms with Crippen LogP contribution in [-0.4, -0.2) is 58.2 Å². The van der Waals surface area contributed by atoms with Gasteiger partial charge in [-0.2, -0.15) is 9.97 Å². The van der Waals surface area contributed by atoms with Gasteiger partial charge in [-0.1, -0.05) is 43.0 Å². The minimum atomic E-state index is -2.81. The molecule has 4 heterocycles. The zero-order valence-corrected chi connectivity index (χ0v) is 24.4. The molecule has 1 fully saturated rings. The number of pyridine rings is 1. The summed E-state index contributed by atoms with van der Waals surface area (Å²) in [6, 6.07) is 7.77. The lowest BCUT2D eigenvalue weighted by atomic mass is 9.96. The van der Waals surface area contributed by atoms with Gasteiger partial charge >= 0.3 is 6.01 Å². The molecule has 0 unspecified atom stereocenters. The number of aromatic nitrogens is 3. The number of piperidine rings is 1. The van der Waals surface area contributed by atoms with E-state index in [2.05, 4.69) is 26.2 Å². The summed E-state index contributed by atoms with van der Waals surface area (Å²) in [6.07, 6.45) is 10.2. The van der Waals surface area contributed by atoms with Crippen LogP contribution >= 0.6 is 0 Å². The number of hydrogen-bond donors (Lipinski definition) is 1. The molecule has 11 heteroatoms. The predicted octanol–water partition coefficient (Wildman–Crippen LogP) is 7.32. The van der Waals surface area contributed by atoms with Crippen molar-refractivity contribution in [1.82, 2.24) is 19.9 Å². The summed E-state index contributed by atoms with van der Waals surface area (Å²) in [5.74, 6) is -1.44. The Balaban J connectivity index is 1.53. The van der Waals surface area contributed by atoms with Gasteiger partial charge in [0.15, 0.2) is 5.82 Å². The van der Waals surface area contributed by atoms with Crippen LogP contribution in [0.2, 0.25) is 0 Å². The summed E-state index contributed by atoms with van der Waals surface area (Å²) in [6.45, 7) is 2.28. The van der Waals surface area contributed by atoms with E-state index in [1.54, 1.807) is 24.3 Å². The molecule has 230 valence electrons. The highest BCUT2D eigenvalue weighted by Crippen LogP contribution is 2.40. The SMILES string of the molecule is C#Cc1c(F)ccc2cccc(-c3nc4c5c(nc(OCN6CCCC(F)(F)C6)nc5c3F)NCCCCCC[C@H](C)O4)c12. The van der Waals surface area contributed by atoms with E-state index in [4.69, 9.17) is 15.9 Å². The van der Waals surface area contributed by atoms with Crippen LogP contribution in [0.5, 0.6) is 11.9 Å². The van der Waals surface area contributed by atoms with Crippen molar-refractivity contribution in [2.45, 2.75) is 63.9 Å². The van der Waals surface area contributed by atoms with Crippen molar-refractivity contribution < 1.29 is 27.0 Å². The van der Waals surface area contributed by atoms with Crippen LogP contribution in [0, 0.1) is 24.0 Å². The Morgan fingerprint density at radius 3 is 2.73 bits per heavy atom. The maximum atomic E-state index is 16.7. The monoisotopic (exact) mass is 607 g/mol. The quantitative estimate of drug-likeness (QED) is 0.193. The van der Waals surface area contributed by atoms with Gasteiger partial charge in [0.25, 0.3) is 5.92 Å². The van der Waals surface area contributed by atoms with Crippen LogP contribution in [0.1, 0.15) is 57.4 Å². The summed E-state index contributed by atoms with van der Waals surface area (Å²) in [4.78, 5) is 15.1. The van der Waals surface area contributed by atoms with Crippen molar-refractivity contribution in [2.75, 3.05) is 31.7 Å². The lowest BCUT2D eigenvalue weighted by Gasteiger charge is -2.31. The van der Waals surface area contributed by atoms with Crippen LogP contribution in [0.4, 0.5) is 23.4 Å². The second-order valence-corrected chi connectivity index (χ2v) is 11.5. The minimum absolute atomic E-state index is 0.00947. The molecule has 0 saturated carbocycles. The Hall–Kier alpha value is -4.17. The number of hydrogen-bond acceptors (Lipinski definition) is 7. The highest BCUT2D eigenvalue weighted by molar-refractivity contribution is 6.03. The number of rotatable bonds is 4. The summed E-state index contributed by atoms with van der Waals surface area (Å²) < 4.78 is 71.7. The molecule has 0 radical (unpaired) electrons. The molecule has 0 bridgehead atoms. The van der Waals surface area contributed by atoms with Crippen molar-refractivity contribution in [3.63, 3.8) is 0 Å². The van der Waals surface area contributed by atoms with E-state index in [0.29, 0.717) is 30.3 Å². The van der Waals surface area contributed by atoms with Gasteiger partial charge in [-0.25, -0.2) is 22.5 Å². The van der Waals surface area contributed by atoms with E-state index in [9.17, 15) is 13.2 Å². The topological polar surface area (TPSA) is 72.4 Å². The Bertz CT molecular complexity index is 1740. The van der Waals surface area contributed by atoms with Crippen LogP contribution in [0.15, 0.2) is 30.3 Å². The molecule has 44 heavy (non-hydrogen) atoms. The lowest BCUT2D eigenvalue weighted by Crippen LogP contribution is -2.44. The molecule has 0 aliphatic carbocycles. The van der Waals surface area contributed by atoms with Gasteiger partial charge in [-0.15, -0.1) is 6.42 Å². The molecule has 0 spiro atoms. The van der Waals surface area contributed by atoms with Gasteiger partial charge in [0.1, 0.15) is 35.0 Å². The van der Waals surface area contributed by atoms with Gasteiger partial charge in [-0.05, 0) is 44.1 Å². The van der Waals surface area contributed by atoms with E-state index in [-0.39, 0.29) is 64.7 Å². The van der Waals surface area contributed by atoms with Crippen LogP contribution in [0.25, 0.3) is 32.9 Å². The zero-order valence-electron chi connectivity index (χ0n) is 24.4. The largest absolute Gasteiger partial charge is 0.474 e. The number of ether oxygens (including phenoxy) is 2. The van der Waals surface area contributed by atoms with Crippen molar-refractivity contribution in [2.24, 2.45) is 0 Å². The Morgan fingerprint density at radius 1 is 1.07 bits per heavy atom. The Labute approximate surface area is 253 Å². The normalized spacial score (nSPS) is 19.3. The smallest absolute Gasteiger partial charge is 0.320 e. The number of nitrogens with zero attached hydrogens (tertiary/aromatic N) is 4. The molecule has 4 aromatic rings. The molecule has 6 rings (SSSR count). The molecule has 1 saturated heterocycles. The van der Waals surface area contributed by atoms with E-state index >= 15 is 4.39 Å². The van der Waals surface area contributed by atoms with Gasteiger partial charge in [-0.3, -0.25) is 4.90 Å². The van der Waals surface area contributed by atoms with Crippen molar-refractivity contribution in [1.29, 1.82) is 0 Å². The number of likely N-dealkylation sites (tertiary alicyclic amines) is 1. The summed E-state index contributed by atoms with van der Waals surface area (Å²) in [7, 11) is 0. The molecule has 2 aliphatic heterocycles. The Kier molecular flexibility index (Phi) is 8.45. The molecule has 0 amide bonds. The number of nitrogens with one attached hydrogen (secondary N) is 1. The first-order chi connectivity index (χ1) is 21.2. The number of halogens is 4. The number of fused-ring (bicyclic) bond motifs is 1. The standard InChI is InChI=1S/C33H33F4N5O2/c1-3-22-24(34)14-13-21-11-8-12-23(25(21)22)28-27(35)29-26-30(38-16-7-5-4-6-10-20(2)44-31(26)39-28)41-32(40-29)43-19-42-17-9-15-33(36,37)18-42/h1,8,11-14,20H,4-7,9-10,15-19H2,2H3,(H,38,40,41)/t20-/m0/s1. The highest BCUT2D eigenvalue weighted by Gasteiger charge is 2.35. The first kappa shape index (κ1) is 29.9. The minimum Gasteiger partial charge on any atom is -0.474 e. The first-order valence-corrected chi connectivity index (χ1v) is 15.0. The molecular formula is C33H33F4N5O2. The van der Waals surface area contributed by atoms with Crippen molar-refractivity contribution in [3.8, 4) is 35.5 Å². The number of anilines is 1. The molecule has 2 aromatic heterocycles. The highest BCUT2D eigenvalue weighted by atomic mass is 19.3. The van der Waals surface area contributed by atoms with Crippen LogP contribution in [-0.2, 0) is 0 Å². The van der Waals surface area contributed by atoms with Gasteiger partial charge in [0.05, 0.1) is 18.2 Å². The molecule has 1 atom stereocenters. The molecule has 2 aliphatic rings.